The third kappa shape index (κ3) is 5.04. The van der Waals surface area contributed by atoms with E-state index in [1.54, 1.807) is 6.08 Å². The number of hydrogen-bond donors (Lipinski definition) is 1. The summed E-state index contributed by atoms with van der Waals surface area (Å²) >= 11 is 1.49. The van der Waals surface area contributed by atoms with E-state index in [9.17, 15) is 9.59 Å². The Morgan fingerprint density at radius 1 is 1.18 bits per heavy atom. The Balaban J connectivity index is 1.49. The van der Waals surface area contributed by atoms with E-state index in [0.29, 0.717) is 5.01 Å². The van der Waals surface area contributed by atoms with Crippen LogP contribution in [-0.4, -0.2) is 23.5 Å². The maximum Gasteiger partial charge on any atom is 0.331 e. The Hall–Kier alpha value is -2.99. The van der Waals surface area contributed by atoms with Gasteiger partial charge >= 0.3 is 5.97 Å². The zero-order valence-electron chi connectivity index (χ0n) is 16.1. The molecular weight excluding hydrogens is 372 g/mol. The molecule has 5 nitrogen and oxygen atoms in total. The average molecular weight is 394 g/mol. The molecule has 0 aliphatic rings. The van der Waals surface area contributed by atoms with E-state index in [-0.39, 0.29) is 18.6 Å². The average Bonchev–Trinajstić information content (AvgIpc) is 3.09. The minimum absolute atomic E-state index is 0.163. The van der Waals surface area contributed by atoms with Crippen molar-refractivity contribution in [2.24, 2.45) is 0 Å². The number of ether oxygens (including phenoxy) is 1. The lowest BCUT2D eigenvalue weighted by Gasteiger charge is -2.15. The van der Waals surface area contributed by atoms with E-state index in [1.807, 2.05) is 63.2 Å². The van der Waals surface area contributed by atoms with Crippen LogP contribution in [0.5, 0.6) is 0 Å². The fourth-order valence-electron chi connectivity index (χ4n) is 2.69. The van der Waals surface area contributed by atoms with Crippen molar-refractivity contribution in [3.05, 3.63) is 70.2 Å². The summed E-state index contributed by atoms with van der Waals surface area (Å²) < 4.78 is 6.07. The number of hydrogen-bond acceptors (Lipinski definition) is 5. The highest BCUT2D eigenvalue weighted by atomic mass is 32.1. The second-order valence-corrected chi connectivity index (χ2v) is 7.66. The van der Waals surface area contributed by atoms with Crippen LogP contribution in [0.25, 0.3) is 16.3 Å². The van der Waals surface area contributed by atoms with Crippen molar-refractivity contribution in [2.45, 2.75) is 26.8 Å². The first kappa shape index (κ1) is 19.8. The second kappa shape index (κ2) is 8.80. The lowest BCUT2D eigenvalue weighted by molar-refractivity contribution is -0.144. The van der Waals surface area contributed by atoms with Crippen LogP contribution < -0.4 is 5.32 Å². The summed E-state index contributed by atoms with van der Waals surface area (Å²) in [7, 11) is 0. The van der Waals surface area contributed by atoms with Crippen LogP contribution in [0.1, 0.15) is 34.7 Å². The van der Waals surface area contributed by atoms with Gasteiger partial charge in [-0.25, -0.2) is 9.78 Å². The number of benzene rings is 2. The van der Waals surface area contributed by atoms with Gasteiger partial charge in [0.15, 0.2) is 6.61 Å². The lowest BCUT2D eigenvalue weighted by Crippen LogP contribution is -2.31. The number of carbonyl (C=O) groups is 2. The number of fused-ring (bicyclic) bond motifs is 1. The summed E-state index contributed by atoms with van der Waals surface area (Å²) in [5.41, 5.74) is 4.28. The van der Waals surface area contributed by atoms with E-state index in [1.165, 1.54) is 28.5 Å². The van der Waals surface area contributed by atoms with Gasteiger partial charge in [0.1, 0.15) is 5.01 Å². The van der Waals surface area contributed by atoms with Gasteiger partial charge in [0.05, 0.1) is 16.3 Å². The van der Waals surface area contributed by atoms with E-state index in [0.717, 1.165) is 15.8 Å². The smallest absolute Gasteiger partial charge is 0.331 e. The molecule has 6 heteroatoms. The Bertz CT molecular complexity index is 1010. The fraction of sp³-hybridized carbons (Fsp3) is 0.227. The predicted octanol–water partition coefficient (Wildman–Crippen LogP) is 4.35. The number of thiazole rings is 1. The number of para-hydroxylation sites is 1. The first-order chi connectivity index (χ1) is 13.4. The van der Waals surface area contributed by atoms with Gasteiger partial charge in [0.2, 0.25) is 0 Å². The third-order valence-corrected chi connectivity index (χ3v) is 5.43. The maximum absolute atomic E-state index is 12.1. The number of carbonyl (C=O) groups excluding carboxylic acids is 2. The summed E-state index contributed by atoms with van der Waals surface area (Å²) in [5.74, 6) is -0.916. The van der Waals surface area contributed by atoms with Crippen LogP contribution in [0.15, 0.2) is 48.5 Å². The van der Waals surface area contributed by atoms with E-state index in [4.69, 9.17) is 4.74 Å². The largest absolute Gasteiger partial charge is 0.452 e. The molecule has 1 atom stereocenters. The SMILES string of the molecule is Cc1ccc([C@@H](C)NC(=O)COC(=O)/C=C/c2nc3ccccc3s2)cc1C. The third-order valence-electron chi connectivity index (χ3n) is 4.43. The van der Waals surface area contributed by atoms with Crippen molar-refractivity contribution in [2.75, 3.05) is 6.61 Å². The fourth-order valence-corrected chi connectivity index (χ4v) is 3.56. The molecule has 3 rings (SSSR count). The molecule has 1 heterocycles. The van der Waals surface area contributed by atoms with Crippen LogP contribution in [-0.2, 0) is 14.3 Å². The molecule has 0 spiro atoms. The second-order valence-electron chi connectivity index (χ2n) is 6.59. The molecule has 144 valence electrons. The minimum atomic E-state index is -0.576. The molecule has 0 radical (unpaired) electrons. The van der Waals surface area contributed by atoms with Crippen molar-refractivity contribution in [3.8, 4) is 0 Å². The number of nitrogens with one attached hydrogen (secondary N) is 1. The van der Waals surface area contributed by atoms with Gasteiger partial charge in [0.25, 0.3) is 5.91 Å². The van der Waals surface area contributed by atoms with Crippen LogP contribution in [0.3, 0.4) is 0 Å². The molecule has 0 bridgehead atoms. The van der Waals surface area contributed by atoms with Gasteiger partial charge in [-0.2, -0.15) is 0 Å². The molecule has 1 N–H and O–H groups in total. The molecule has 3 aromatic rings. The number of rotatable bonds is 6. The normalized spacial score (nSPS) is 12.2. The Labute approximate surface area is 168 Å². The minimum Gasteiger partial charge on any atom is -0.452 e. The van der Waals surface area contributed by atoms with Gasteiger partial charge in [-0.05, 0) is 55.7 Å². The molecule has 0 aliphatic carbocycles. The summed E-state index contributed by atoms with van der Waals surface area (Å²) in [6.07, 6.45) is 2.89. The predicted molar refractivity (Wildman–Crippen MR) is 112 cm³/mol. The van der Waals surface area contributed by atoms with E-state index >= 15 is 0 Å². The first-order valence-corrected chi connectivity index (χ1v) is 9.81. The maximum atomic E-state index is 12.1. The van der Waals surface area contributed by atoms with Gasteiger partial charge in [-0.3, -0.25) is 4.79 Å². The van der Waals surface area contributed by atoms with Crippen molar-refractivity contribution in [1.29, 1.82) is 0 Å². The van der Waals surface area contributed by atoms with Crippen molar-refractivity contribution < 1.29 is 14.3 Å². The molecule has 0 aliphatic heterocycles. The quantitative estimate of drug-likeness (QED) is 0.499. The molecule has 0 unspecified atom stereocenters. The number of aromatic nitrogens is 1. The Morgan fingerprint density at radius 3 is 2.71 bits per heavy atom. The van der Waals surface area contributed by atoms with Gasteiger partial charge in [-0.15, -0.1) is 11.3 Å². The number of amides is 1. The van der Waals surface area contributed by atoms with Crippen LogP contribution in [0, 0.1) is 13.8 Å². The number of esters is 1. The van der Waals surface area contributed by atoms with Crippen molar-refractivity contribution >= 4 is 39.5 Å². The zero-order chi connectivity index (χ0) is 20.1. The topological polar surface area (TPSA) is 68.3 Å². The highest BCUT2D eigenvalue weighted by Gasteiger charge is 2.12. The van der Waals surface area contributed by atoms with Crippen molar-refractivity contribution in [1.82, 2.24) is 10.3 Å². The molecule has 1 aromatic heterocycles. The molecule has 0 saturated carbocycles. The van der Waals surface area contributed by atoms with E-state index in [2.05, 4.69) is 10.3 Å². The summed E-state index contributed by atoms with van der Waals surface area (Å²) in [5, 5.41) is 3.55. The summed E-state index contributed by atoms with van der Waals surface area (Å²) in [4.78, 5) is 28.3. The highest BCUT2D eigenvalue weighted by Crippen LogP contribution is 2.22. The standard InChI is InChI=1S/C22H22N2O3S/c1-14-8-9-17(12-15(14)2)16(3)23-20(25)13-27-22(26)11-10-21-24-18-6-4-5-7-19(18)28-21/h4-12,16H,13H2,1-3H3,(H,23,25)/b11-10+/t16-/m1/s1. The van der Waals surface area contributed by atoms with Gasteiger partial charge in [0, 0.05) is 6.08 Å². The Kier molecular flexibility index (Phi) is 6.21. The Morgan fingerprint density at radius 2 is 1.96 bits per heavy atom. The number of nitrogens with zero attached hydrogens (tertiary/aromatic N) is 1. The highest BCUT2D eigenvalue weighted by molar-refractivity contribution is 7.19. The molecule has 28 heavy (non-hydrogen) atoms. The van der Waals surface area contributed by atoms with Gasteiger partial charge in [-0.1, -0.05) is 30.3 Å². The molecule has 2 aromatic carbocycles. The summed E-state index contributed by atoms with van der Waals surface area (Å²) in [6.45, 7) is 5.66. The molecule has 1 amide bonds. The van der Waals surface area contributed by atoms with E-state index < -0.39 is 5.97 Å². The number of aryl methyl sites for hydroxylation is 2. The first-order valence-electron chi connectivity index (χ1n) is 8.99. The van der Waals surface area contributed by atoms with Crippen LogP contribution >= 0.6 is 11.3 Å². The monoisotopic (exact) mass is 394 g/mol. The van der Waals surface area contributed by atoms with Crippen LogP contribution in [0.2, 0.25) is 0 Å². The summed E-state index contributed by atoms with van der Waals surface area (Å²) in [6, 6.07) is 13.7. The molecular formula is C22H22N2O3S. The molecule has 0 saturated heterocycles. The van der Waals surface area contributed by atoms with Crippen molar-refractivity contribution in [3.63, 3.8) is 0 Å². The molecule has 0 fully saturated rings. The van der Waals surface area contributed by atoms with Crippen LogP contribution in [0.4, 0.5) is 0 Å². The zero-order valence-corrected chi connectivity index (χ0v) is 16.9. The van der Waals surface area contributed by atoms with Gasteiger partial charge < -0.3 is 10.1 Å². The lowest BCUT2D eigenvalue weighted by atomic mass is 10.0.